The van der Waals surface area contributed by atoms with Crippen molar-refractivity contribution in [1.29, 1.82) is 0 Å². The number of nitrogens with two attached hydrogens (primary N) is 1. The lowest BCUT2D eigenvalue weighted by molar-refractivity contribution is 0.322. The lowest BCUT2D eigenvalue weighted by Gasteiger charge is -2.15. The SMILES string of the molecule is COc1ccc(-c2oc3c(OC)c(O)c(OC)c(O)c3c(=O)c2OC)cc1N. The van der Waals surface area contributed by atoms with Crippen LogP contribution in [-0.2, 0) is 0 Å². The van der Waals surface area contributed by atoms with Crippen LogP contribution in [0.4, 0.5) is 5.69 Å². The van der Waals surface area contributed by atoms with Gasteiger partial charge in [-0.15, -0.1) is 0 Å². The van der Waals surface area contributed by atoms with Gasteiger partial charge in [0.2, 0.25) is 28.4 Å². The van der Waals surface area contributed by atoms with E-state index in [4.69, 9.17) is 29.1 Å². The molecule has 1 aromatic heterocycles. The molecule has 0 fully saturated rings. The van der Waals surface area contributed by atoms with E-state index >= 15 is 0 Å². The zero-order chi connectivity index (χ0) is 20.6. The van der Waals surface area contributed by atoms with Crippen LogP contribution in [0.5, 0.6) is 34.5 Å². The molecular weight excluding hydrogens is 370 g/mol. The Morgan fingerprint density at radius 2 is 1.54 bits per heavy atom. The number of nitrogen functional groups attached to an aromatic ring is 1. The molecule has 0 unspecified atom stereocenters. The molecule has 4 N–H and O–H groups in total. The van der Waals surface area contributed by atoms with Crippen molar-refractivity contribution in [1.82, 2.24) is 0 Å². The van der Waals surface area contributed by atoms with E-state index in [0.717, 1.165) is 0 Å². The fourth-order valence-electron chi connectivity index (χ4n) is 2.96. The number of aromatic hydroxyl groups is 2. The highest BCUT2D eigenvalue weighted by atomic mass is 16.5. The fraction of sp³-hybridized carbons (Fsp3) is 0.211. The number of methoxy groups -OCH3 is 4. The molecule has 2 aromatic carbocycles. The van der Waals surface area contributed by atoms with Gasteiger partial charge in [-0.05, 0) is 18.2 Å². The van der Waals surface area contributed by atoms with Crippen LogP contribution in [-0.4, -0.2) is 38.7 Å². The number of fused-ring (bicyclic) bond motifs is 1. The van der Waals surface area contributed by atoms with Crippen LogP contribution in [0.3, 0.4) is 0 Å². The largest absolute Gasteiger partial charge is 0.504 e. The first-order valence-electron chi connectivity index (χ1n) is 8.04. The summed E-state index contributed by atoms with van der Waals surface area (Å²) in [5, 5.41) is 20.5. The molecule has 0 amide bonds. The molecule has 0 aliphatic carbocycles. The zero-order valence-electron chi connectivity index (χ0n) is 15.7. The summed E-state index contributed by atoms with van der Waals surface area (Å²) < 4.78 is 26.4. The second-order valence-corrected chi connectivity index (χ2v) is 5.72. The molecule has 0 bridgehead atoms. The van der Waals surface area contributed by atoms with Crippen molar-refractivity contribution in [3.05, 3.63) is 28.4 Å². The molecule has 28 heavy (non-hydrogen) atoms. The lowest BCUT2D eigenvalue weighted by Crippen LogP contribution is -2.09. The molecule has 3 aromatic rings. The third kappa shape index (κ3) is 2.68. The highest BCUT2D eigenvalue weighted by molar-refractivity contribution is 5.96. The van der Waals surface area contributed by atoms with Crippen LogP contribution in [0, 0.1) is 0 Å². The Labute approximate surface area is 159 Å². The minimum absolute atomic E-state index is 0.0385. The number of hydrogen-bond donors (Lipinski definition) is 3. The normalized spacial score (nSPS) is 10.7. The molecule has 0 saturated heterocycles. The number of phenols is 2. The Hall–Kier alpha value is -3.75. The number of rotatable bonds is 5. The summed E-state index contributed by atoms with van der Waals surface area (Å²) in [6, 6.07) is 4.77. The van der Waals surface area contributed by atoms with Crippen LogP contribution in [0.2, 0.25) is 0 Å². The van der Waals surface area contributed by atoms with E-state index < -0.39 is 16.9 Å². The standard InChI is InChI=1S/C19H19NO8/c1-24-10-6-5-8(7-9(10)20)15-18(26-3)13(22)11-12(21)17(25-2)14(23)19(27-4)16(11)28-15/h5-7,21,23H,20H2,1-4H3. The van der Waals surface area contributed by atoms with E-state index in [9.17, 15) is 15.0 Å². The molecule has 1 heterocycles. The molecule has 0 aliphatic rings. The third-order valence-electron chi connectivity index (χ3n) is 4.26. The number of hydrogen-bond acceptors (Lipinski definition) is 9. The van der Waals surface area contributed by atoms with Crippen LogP contribution in [0.15, 0.2) is 27.4 Å². The average Bonchev–Trinajstić information content (AvgIpc) is 2.68. The summed E-state index contributed by atoms with van der Waals surface area (Å²) in [5.74, 6) is -1.28. The van der Waals surface area contributed by atoms with Gasteiger partial charge in [-0.2, -0.15) is 0 Å². The smallest absolute Gasteiger partial charge is 0.239 e. The Balaban J connectivity index is 2.46. The molecule has 9 nitrogen and oxygen atoms in total. The topological polar surface area (TPSA) is 134 Å². The number of anilines is 1. The molecule has 3 rings (SSSR count). The van der Waals surface area contributed by atoms with E-state index in [1.165, 1.54) is 28.4 Å². The van der Waals surface area contributed by atoms with Crippen LogP contribution < -0.4 is 30.1 Å². The quantitative estimate of drug-likeness (QED) is 0.563. The first kappa shape index (κ1) is 19.0. The Kier molecular flexibility index (Phi) is 4.83. The van der Waals surface area contributed by atoms with Gasteiger partial charge >= 0.3 is 0 Å². The maximum atomic E-state index is 13.0. The van der Waals surface area contributed by atoms with Crippen molar-refractivity contribution in [3.8, 4) is 45.8 Å². The summed E-state index contributed by atoms with van der Waals surface area (Å²) in [6.07, 6.45) is 0. The van der Waals surface area contributed by atoms with E-state index in [1.807, 2.05) is 0 Å². The van der Waals surface area contributed by atoms with Crippen molar-refractivity contribution in [2.75, 3.05) is 34.2 Å². The summed E-state index contributed by atoms with van der Waals surface area (Å²) in [5.41, 5.74) is 5.83. The Morgan fingerprint density at radius 1 is 0.893 bits per heavy atom. The first-order valence-corrected chi connectivity index (χ1v) is 8.04. The highest BCUT2D eigenvalue weighted by Crippen LogP contribution is 2.50. The molecule has 0 radical (unpaired) electrons. The van der Waals surface area contributed by atoms with E-state index in [0.29, 0.717) is 17.0 Å². The lowest BCUT2D eigenvalue weighted by atomic mass is 10.1. The van der Waals surface area contributed by atoms with Gasteiger partial charge in [-0.1, -0.05) is 0 Å². The van der Waals surface area contributed by atoms with E-state index in [2.05, 4.69) is 0 Å². The summed E-state index contributed by atoms with van der Waals surface area (Å²) in [4.78, 5) is 13.0. The van der Waals surface area contributed by atoms with Crippen molar-refractivity contribution in [2.45, 2.75) is 0 Å². The van der Waals surface area contributed by atoms with Crippen molar-refractivity contribution in [3.63, 3.8) is 0 Å². The molecule has 0 aliphatic heterocycles. The van der Waals surface area contributed by atoms with Crippen molar-refractivity contribution >= 4 is 16.7 Å². The second-order valence-electron chi connectivity index (χ2n) is 5.72. The van der Waals surface area contributed by atoms with E-state index in [1.54, 1.807) is 18.2 Å². The van der Waals surface area contributed by atoms with Gasteiger partial charge in [0.05, 0.1) is 34.1 Å². The minimum Gasteiger partial charge on any atom is -0.504 e. The monoisotopic (exact) mass is 389 g/mol. The predicted octanol–water partition coefficient (Wildman–Crippen LogP) is 2.49. The van der Waals surface area contributed by atoms with Gasteiger partial charge in [0.15, 0.2) is 17.1 Å². The third-order valence-corrected chi connectivity index (χ3v) is 4.26. The molecule has 9 heteroatoms. The number of benzene rings is 2. The van der Waals surface area contributed by atoms with Crippen LogP contribution >= 0.6 is 0 Å². The first-order chi connectivity index (χ1) is 13.4. The summed E-state index contributed by atoms with van der Waals surface area (Å²) in [6.45, 7) is 0. The van der Waals surface area contributed by atoms with Gasteiger partial charge in [-0.25, -0.2) is 0 Å². The fourth-order valence-corrected chi connectivity index (χ4v) is 2.96. The average molecular weight is 389 g/mol. The highest BCUT2D eigenvalue weighted by Gasteiger charge is 2.28. The van der Waals surface area contributed by atoms with Crippen LogP contribution in [0.1, 0.15) is 0 Å². The number of phenolic OH excluding ortho intramolecular Hbond substituents is 2. The molecule has 148 valence electrons. The Morgan fingerprint density at radius 3 is 2.07 bits per heavy atom. The van der Waals surface area contributed by atoms with Crippen LogP contribution in [0.25, 0.3) is 22.3 Å². The maximum Gasteiger partial charge on any atom is 0.239 e. The predicted molar refractivity (Wildman–Crippen MR) is 102 cm³/mol. The maximum absolute atomic E-state index is 13.0. The van der Waals surface area contributed by atoms with Gasteiger partial charge in [0, 0.05) is 5.56 Å². The van der Waals surface area contributed by atoms with Gasteiger partial charge < -0.3 is 39.3 Å². The zero-order valence-corrected chi connectivity index (χ0v) is 15.7. The van der Waals surface area contributed by atoms with Crippen molar-refractivity contribution in [2.24, 2.45) is 0 Å². The second kappa shape index (κ2) is 7.10. The summed E-state index contributed by atoms with van der Waals surface area (Å²) >= 11 is 0. The minimum atomic E-state index is -0.678. The van der Waals surface area contributed by atoms with Gasteiger partial charge in [0.1, 0.15) is 11.1 Å². The molecule has 0 atom stereocenters. The number of ether oxygens (including phenoxy) is 4. The molecular formula is C19H19NO8. The molecule has 0 spiro atoms. The molecule has 0 saturated carbocycles. The Bertz CT molecular complexity index is 1120. The van der Waals surface area contributed by atoms with E-state index in [-0.39, 0.29) is 34.0 Å². The van der Waals surface area contributed by atoms with Gasteiger partial charge in [-0.3, -0.25) is 4.79 Å². The summed E-state index contributed by atoms with van der Waals surface area (Å²) in [7, 11) is 5.28. The van der Waals surface area contributed by atoms with Gasteiger partial charge in [0.25, 0.3) is 0 Å². The van der Waals surface area contributed by atoms with Crippen molar-refractivity contribution < 1.29 is 33.6 Å².